The molecule has 1 aromatic carbocycles. The number of rotatable bonds is 4. The van der Waals surface area contributed by atoms with Crippen LogP contribution >= 0.6 is 0 Å². The molecule has 1 saturated heterocycles. The van der Waals surface area contributed by atoms with Crippen molar-refractivity contribution in [1.29, 1.82) is 0 Å². The molecule has 1 atom stereocenters. The number of piperidine rings is 1. The Morgan fingerprint density at radius 2 is 2.28 bits per heavy atom. The van der Waals surface area contributed by atoms with Crippen molar-refractivity contribution in [2.75, 3.05) is 16.8 Å². The van der Waals surface area contributed by atoms with Crippen molar-refractivity contribution in [1.82, 2.24) is 14.8 Å². The van der Waals surface area contributed by atoms with Crippen LogP contribution in [-0.2, 0) is 18.3 Å². The molecular weight excluding hydrogens is 318 g/mol. The summed E-state index contributed by atoms with van der Waals surface area (Å²) >= 11 is 0. The van der Waals surface area contributed by atoms with Crippen LogP contribution in [0.25, 0.3) is 11.1 Å². The van der Waals surface area contributed by atoms with Crippen molar-refractivity contribution in [3.63, 3.8) is 0 Å². The molecule has 0 bridgehead atoms. The van der Waals surface area contributed by atoms with Gasteiger partial charge in [0, 0.05) is 31.9 Å². The second-order valence-electron chi connectivity index (χ2n) is 6.34. The first kappa shape index (κ1) is 15.7. The molecule has 0 aliphatic carbocycles. The second kappa shape index (κ2) is 6.23. The normalized spacial score (nSPS) is 18.1. The fourth-order valence-corrected chi connectivity index (χ4v) is 3.23. The van der Waals surface area contributed by atoms with Crippen LogP contribution in [0, 0.1) is 0 Å². The molecule has 0 saturated carbocycles. The Bertz CT molecular complexity index is 913. The van der Waals surface area contributed by atoms with Crippen LogP contribution in [0.4, 0.5) is 11.4 Å². The topological polar surface area (TPSA) is 76.2 Å². The Kier molecular flexibility index (Phi) is 3.91. The van der Waals surface area contributed by atoms with E-state index >= 15 is 0 Å². The number of hydrogen-bond donors (Lipinski definition) is 1. The summed E-state index contributed by atoms with van der Waals surface area (Å²) in [5.41, 5.74) is 3.32. The third kappa shape index (κ3) is 2.97. The summed E-state index contributed by atoms with van der Waals surface area (Å²) in [6.45, 7) is 2.74. The van der Waals surface area contributed by atoms with E-state index in [0.29, 0.717) is 0 Å². The van der Waals surface area contributed by atoms with Crippen LogP contribution in [0.5, 0.6) is 0 Å². The Balaban J connectivity index is 1.54. The first-order chi connectivity index (χ1) is 12.1. The molecular formula is C18H21N5O2. The lowest BCUT2D eigenvalue weighted by Gasteiger charge is -2.32. The molecule has 130 valence electrons. The Labute approximate surface area is 145 Å². The zero-order valence-electron chi connectivity index (χ0n) is 14.4. The molecule has 3 aromatic rings. The molecule has 25 heavy (non-hydrogen) atoms. The average molecular weight is 339 g/mol. The van der Waals surface area contributed by atoms with E-state index in [9.17, 15) is 4.79 Å². The zero-order chi connectivity index (χ0) is 17.4. The molecule has 0 spiro atoms. The van der Waals surface area contributed by atoms with Gasteiger partial charge in [-0.25, -0.2) is 4.98 Å². The minimum atomic E-state index is -0.246. The number of carbonyl (C=O) groups is 1. The molecule has 1 N–H and O–H groups in total. The van der Waals surface area contributed by atoms with Gasteiger partial charge in [-0.3, -0.25) is 9.48 Å². The average Bonchev–Trinajstić information content (AvgIpc) is 3.22. The maximum absolute atomic E-state index is 12.8. The van der Waals surface area contributed by atoms with Gasteiger partial charge in [-0.15, -0.1) is 0 Å². The molecule has 1 aliphatic heterocycles. The highest BCUT2D eigenvalue weighted by molar-refractivity contribution is 5.99. The molecule has 1 amide bonds. The Morgan fingerprint density at radius 3 is 3.04 bits per heavy atom. The summed E-state index contributed by atoms with van der Waals surface area (Å²) in [6, 6.07) is 5.53. The van der Waals surface area contributed by atoms with Crippen molar-refractivity contribution < 1.29 is 9.21 Å². The van der Waals surface area contributed by atoms with Crippen molar-refractivity contribution in [2.24, 2.45) is 7.05 Å². The summed E-state index contributed by atoms with van der Waals surface area (Å²) in [6.07, 6.45) is 6.12. The van der Waals surface area contributed by atoms with Crippen molar-refractivity contribution in [2.45, 2.75) is 32.2 Å². The number of carbonyl (C=O) groups excluding carboxylic acids is 1. The summed E-state index contributed by atoms with van der Waals surface area (Å²) in [5, 5.41) is 7.52. The lowest BCUT2D eigenvalue weighted by molar-refractivity contribution is -0.120. The van der Waals surface area contributed by atoms with Gasteiger partial charge in [0.15, 0.2) is 11.5 Å². The van der Waals surface area contributed by atoms with Gasteiger partial charge in [0.25, 0.3) is 0 Å². The van der Waals surface area contributed by atoms with Crippen molar-refractivity contribution >= 4 is 28.4 Å². The lowest BCUT2D eigenvalue weighted by atomic mass is 10.0. The maximum Gasteiger partial charge on any atom is 0.249 e. The van der Waals surface area contributed by atoms with E-state index in [1.54, 1.807) is 15.8 Å². The Morgan fingerprint density at radius 1 is 1.40 bits per heavy atom. The molecule has 1 aliphatic rings. The van der Waals surface area contributed by atoms with Gasteiger partial charge in [-0.2, -0.15) is 5.10 Å². The minimum absolute atomic E-state index is 0.0775. The summed E-state index contributed by atoms with van der Waals surface area (Å²) in [7, 11) is 1.85. The van der Waals surface area contributed by atoms with Gasteiger partial charge >= 0.3 is 0 Å². The van der Waals surface area contributed by atoms with Crippen LogP contribution in [0.3, 0.4) is 0 Å². The van der Waals surface area contributed by atoms with E-state index in [-0.39, 0.29) is 11.9 Å². The van der Waals surface area contributed by atoms with Crippen LogP contribution in [-0.4, -0.2) is 33.3 Å². The fourth-order valence-electron chi connectivity index (χ4n) is 3.23. The minimum Gasteiger partial charge on any atom is -0.441 e. The van der Waals surface area contributed by atoms with Gasteiger partial charge in [0.1, 0.15) is 11.6 Å². The predicted molar refractivity (Wildman–Crippen MR) is 95.6 cm³/mol. The standard InChI is InChI=1S/C18H21N5O2/c1-3-17-21-15-9-12(6-7-16(15)25-17)20-14-5-4-8-23(18(14)24)13-10-19-22(2)11-13/h6-7,9-11,14,20H,3-5,8H2,1-2H3/t14-/m0/s1. The monoisotopic (exact) mass is 339 g/mol. The highest BCUT2D eigenvalue weighted by Crippen LogP contribution is 2.25. The number of anilines is 2. The third-order valence-electron chi connectivity index (χ3n) is 4.52. The van der Waals surface area contributed by atoms with Crippen LogP contribution < -0.4 is 10.2 Å². The van der Waals surface area contributed by atoms with E-state index in [0.717, 1.165) is 54.2 Å². The third-order valence-corrected chi connectivity index (χ3v) is 4.52. The van der Waals surface area contributed by atoms with Crippen molar-refractivity contribution in [3.05, 3.63) is 36.5 Å². The number of oxazole rings is 1. The quantitative estimate of drug-likeness (QED) is 0.791. The molecule has 0 radical (unpaired) electrons. The molecule has 7 heteroatoms. The maximum atomic E-state index is 12.8. The highest BCUT2D eigenvalue weighted by Gasteiger charge is 2.30. The molecule has 3 heterocycles. The van der Waals surface area contributed by atoms with Crippen LogP contribution in [0.15, 0.2) is 35.0 Å². The van der Waals surface area contributed by atoms with Gasteiger partial charge < -0.3 is 14.6 Å². The molecule has 0 unspecified atom stereocenters. The number of nitrogens with zero attached hydrogens (tertiary/aromatic N) is 4. The first-order valence-electron chi connectivity index (χ1n) is 8.60. The number of nitrogens with one attached hydrogen (secondary N) is 1. The van der Waals surface area contributed by atoms with Gasteiger partial charge in [0.05, 0.1) is 11.9 Å². The fraction of sp³-hybridized carbons (Fsp3) is 0.389. The van der Waals surface area contributed by atoms with E-state index in [2.05, 4.69) is 15.4 Å². The highest BCUT2D eigenvalue weighted by atomic mass is 16.3. The second-order valence-corrected chi connectivity index (χ2v) is 6.34. The summed E-state index contributed by atoms with van der Waals surface area (Å²) in [5.74, 6) is 0.803. The van der Waals surface area contributed by atoms with Gasteiger partial charge in [0.2, 0.25) is 5.91 Å². The largest absolute Gasteiger partial charge is 0.441 e. The number of aromatic nitrogens is 3. The van der Waals surface area contributed by atoms with Gasteiger partial charge in [-0.05, 0) is 31.0 Å². The number of fused-ring (bicyclic) bond motifs is 1. The number of aryl methyl sites for hydroxylation is 2. The first-order valence-corrected chi connectivity index (χ1v) is 8.60. The molecule has 1 fully saturated rings. The van der Waals surface area contributed by atoms with E-state index in [4.69, 9.17) is 4.42 Å². The summed E-state index contributed by atoms with van der Waals surface area (Å²) < 4.78 is 7.35. The number of hydrogen-bond acceptors (Lipinski definition) is 5. The number of benzene rings is 1. The lowest BCUT2D eigenvalue weighted by Crippen LogP contribution is -2.47. The van der Waals surface area contributed by atoms with E-state index in [1.165, 1.54) is 0 Å². The van der Waals surface area contributed by atoms with E-state index in [1.807, 2.05) is 38.4 Å². The smallest absolute Gasteiger partial charge is 0.249 e. The molecule has 7 nitrogen and oxygen atoms in total. The number of amides is 1. The molecule has 4 rings (SSSR count). The van der Waals surface area contributed by atoms with Gasteiger partial charge in [-0.1, -0.05) is 6.92 Å². The summed E-state index contributed by atoms with van der Waals surface area (Å²) in [4.78, 5) is 19.1. The van der Waals surface area contributed by atoms with Crippen LogP contribution in [0.1, 0.15) is 25.7 Å². The Hall–Kier alpha value is -2.83. The van der Waals surface area contributed by atoms with Crippen molar-refractivity contribution in [3.8, 4) is 0 Å². The molecule has 2 aromatic heterocycles. The van der Waals surface area contributed by atoms with Crippen LogP contribution in [0.2, 0.25) is 0 Å². The SMILES string of the molecule is CCc1nc2cc(N[C@H]3CCCN(c4cnn(C)c4)C3=O)ccc2o1. The predicted octanol–water partition coefficient (Wildman–Crippen LogP) is 2.73. The zero-order valence-corrected chi connectivity index (χ0v) is 14.4. The van der Waals surface area contributed by atoms with E-state index < -0.39 is 0 Å².